The summed E-state index contributed by atoms with van der Waals surface area (Å²) in [6.07, 6.45) is 1.03. The van der Waals surface area contributed by atoms with Crippen LogP contribution in [-0.2, 0) is 6.54 Å². The zero-order valence-corrected chi connectivity index (χ0v) is 12.9. The van der Waals surface area contributed by atoms with E-state index in [4.69, 9.17) is 10.8 Å². The number of aryl methyl sites for hydroxylation is 1. The van der Waals surface area contributed by atoms with E-state index < -0.39 is 29.5 Å². The van der Waals surface area contributed by atoms with Gasteiger partial charge < -0.3 is 20.3 Å². The Balaban J connectivity index is 2.25. The van der Waals surface area contributed by atoms with Gasteiger partial charge in [-0.05, 0) is 13.0 Å². The van der Waals surface area contributed by atoms with Crippen molar-refractivity contribution in [2.75, 3.05) is 18.1 Å². The summed E-state index contributed by atoms with van der Waals surface area (Å²) in [4.78, 5) is 29.2. The Morgan fingerprint density at radius 1 is 1.54 bits per heavy atom. The minimum atomic E-state index is -1.46. The molecule has 3 heterocycles. The number of nitrogens with zero attached hydrogens (tertiary/aromatic N) is 3. The summed E-state index contributed by atoms with van der Waals surface area (Å²) < 4.78 is 28.4. The van der Waals surface area contributed by atoms with Crippen LogP contribution in [0.4, 0.5) is 14.6 Å². The molecule has 1 fully saturated rings. The number of anilines is 1. The number of carbonyl (C=O) groups is 1. The van der Waals surface area contributed by atoms with Gasteiger partial charge in [-0.15, -0.1) is 0 Å². The Morgan fingerprint density at radius 2 is 2.25 bits per heavy atom. The molecule has 0 bridgehead atoms. The maximum atomic E-state index is 14.4. The van der Waals surface area contributed by atoms with Gasteiger partial charge in [-0.25, -0.2) is 18.6 Å². The Labute approximate surface area is 135 Å². The highest BCUT2D eigenvalue weighted by Crippen LogP contribution is 2.28. The quantitative estimate of drug-likeness (QED) is 0.853. The van der Waals surface area contributed by atoms with Gasteiger partial charge in [0.25, 0.3) is 0 Å². The minimum Gasteiger partial charge on any atom is -0.477 e. The first kappa shape index (κ1) is 16.3. The minimum absolute atomic E-state index is 0.0202. The van der Waals surface area contributed by atoms with Crippen LogP contribution < -0.4 is 16.1 Å². The Hall–Kier alpha value is -2.55. The Bertz CT molecular complexity index is 883. The Kier molecular flexibility index (Phi) is 3.96. The molecule has 2 aromatic heterocycles. The van der Waals surface area contributed by atoms with Gasteiger partial charge in [-0.2, -0.15) is 0 Å². The number of hydrogen-bond donors (Lipinski definition) is 2. The van der Waals surface area contributed by atoms with Crippen LogP contribution in [0.15, 0.2) is 17.1 Å². The lowest BCUT2D eigenvalue weighted by Crippen LogP contribution is -2.63. The standard InChI is InChI=1S/C15H16F2N4O3/c1-7-11(18)6-21(7)14-10(17)4-8-12(22)9(15(23)24)5-20(3-2-16)13(8)19-14/h4-5,7,11H,2-3,6,18H2,1H3,(H,23,24)/t7-,11+/m1/s1. The van der Waals surface area contributed by atoms with Crippen molar-refractivity contribution in [1.29, 1.82) is 0 Å². The number of rotatable bonds is 4. The Morgan fingerprint density at radius 3 is 2.79 bits per heavy atom. The van der Waals surface area contributed by atoms with Crippen LogP contribution in [0.25, 0.3) is 11.0 Å². The average molecular weight is 338 g/mol. The number of hydrogen-bond acceptors (Lipinski definition) is 5. The molecule has 24 heavy (non-hydrogen) atoms. The number of aromatic carboxylic acids is 1. The predicted octanol–water partition coefficient (Wildman–Crippen LogP) is 0.739. The molecule has 3 N–H and O–H groups in total. The summed E-state index contributed by atoms with van der Waals surface area (Å²) in [6, 6.07) is 0.728. The van der Waals surface area contributed by atoms with Gasteiger partial charge in [0.1, 0.15) is 17.9 Å². The van der Waals surface area contributed by atoms with Crippen molar-refractivity contribution in [3.05, 3.63) is 33.9 Å². The van der Waals surface area contributed by atoms with Crippen LogP contribution in [0, 0.1) is 5.82 Å². The fourth-order valence-corrected chi connectivity index (χ4v) is 2.81. The molecule has 0 aliphatic carbocycles. The first-order chi connectivity index (χ1) is 11.3. The maximum Gasteiger partial charge on any atom is 0.341 e. The van der Waals surface area contributed by atoms with Crippen molar-refractivity contribution in [3.8, 4) is 0 Å². The molecule has 128 valence electrons. The van der Waals surface area contributed by atoms with Crippen LogP contribution in [0.3, 0.4) is 0 Å². The molecule has 1 aliphatic rings. The highest BCUT2D eigenvalue weighted by atomic mass is 19.1. The summed E-state index contributed by atoms with van der Waals surface area (Å²) in [5.41, 5.74) is 4.45. The molecule has 1 aliphatic heterocycles. The van der Waals surface area contributed by atoms with Crippen LogP contribution in [0.5, 0.6) is 0 Å². The molecule has 0 radical (unpaired) electrons. The monoisotopic (exact) mass is 338 g/mol. The van der Waals surface area contributed by atoms with E-state index in [1.807, 2.05) is 6.92 Å². The lowest BCUT2D eigenvalue weighted by molar-refractivity contribution is 0.0694. The lowest BCUT2D eigenvalue weighted by Gasteiger charge is -2.45. The van der Waals surface area contributed by atoms with E-state index in [0.717, 1.165) is 12.3 Å². The van der Waals surface area contributed by atoms with E-state index in [1.54, 1.807) is 4.90 Å². The average Bonchev–Trinajstić information content (AvgIpc) is 2.54. The van der Waals surface area contributed by atoms with Crippen molar-refractivity contribution in [2.45, 2.75) is 25.6 Å². The van der Waals surface area contributed by atoms with Crippen molar-refractivity contribution in [2.24, 2.45) is 5.73 Å². The van der Waals surface area contributed by atoms with Crippen LogP contribution in [0.2, 0.25) is 0 Å². The summed E-state index contributed by atoms with van der Waals surface area (Å²) in [7, 11) is 0. The highest BCUT2D eigenvalue weighted by molar-refractivity contribution is 5.92. The normalized spacial score (nSPS) is 20.2. The van der Waals surface area contributed by atoms with E-state index in [2.05, 4.69) is 4.98 Å². The van der Waals surface area contributed by atoms with E-state index in [9.17, 15) is 18.4 Å². The van der Waals surface area contributed by atoms with Crippen molar-refractivity contribution in [3.63, 3.8) is 0 Å². The number of pyridine rings is 2. The zero-order valence-electron chi connectivity index (χ0n) is 12.9. The SMILES string of the molecule is C[C@@H]1[C@@H](N)CN1c1nc2c(cc1F)c(=O)c(C(=O)O)cn2CCF. The van der Waals surface area contributed by atoms with Crippen LogP contribution in [-0.4, -0.2) is 45.9 Å². The largest absolute Gasteiger partial charge is 0.477 e. The van der Waals surface area contributed by atoms with Crippen LogP contribution in [0.1, 0.15) is 17.3 Å². The van der Waals surface area contributed by atoms with Gasteiger partial charge in [-0.1, -0.05) is 0 Å². The summed E-state index contributed by atoms with van der Waals surface area (Å²) in [6.45, 7) is 1.26. The second kappa shape index (κ2) is 5.82. The zero-order chi connectivity index (χ0) is 17.6. The van der Waals surface area contributed by atoms with Crippen LogP contribution >= 0.6 is 0 Å². The van der Waals surface area contributed by atoms with Gasteiger partial charge >= 0.3 is 5.97 Å². The number of nitrogens with two attached hydrogens (primary N) is 1. The van der Waals surface area contributed by atoms with Gasteiger partial charge in [-0.3, -0.25) is 4.79 Å². The molecule has 0 amide bonds. The summed E-state index contributed by atoms with van der Waals surface area (Å²) in [5.74, 6) is -2.18. The fraction of sp³-hybridized carbons (Fsp3) is 0.400. The number of alkyl halides is 1. The second-order valence-corrected chi connectivity index (χ2v) is 5.78. The van der Waals surface area contributed by atoms with Gasteiger partial charge in [0.15, 0.2) is 11.6 Å². The first-order valence-electron chi connectivity index (χ1n) is 7.40. The number of halogens is 2. The molecule has 3 rings (SSSR count). The molecule has 1 saturated heterocycles. The van der Waals surface area contributed by atoms with Gasteiger partial charge in [0.2, 0.25) is 5.43 Å². The van der Waals surface area contributed by atoms with E-state index >= 15 is 0 Å². The number of carboxylic acid groups (broad SMARTS) is 1. The molecule has 9 heteroatoms. The van der Waals surface area contributed by atoms with E-state index in [-0.39, 0.29) is 35.5 Å². The maximum absolute atomic E-state index is 14.4. The fourth-order valence-electron chi connectivity index (χ4n) is 2.81. The molecule has 0 unspecified atom stereocenters. The molecule has 0 aromatic carbocycles. The van der Waals surface area contributed by atoms with E-state index in [1.165, 1.54) is 4.57 Å². The van der Waals surface area contributed by atoms with Crippen molar-refractivity contribution in [1.82, 2.24) is 9.55 Å². The number of fused-ring (bicyclic) bond motifs is 1. The molecular weight excluding hydrogens is 322 g/mol. The molecule has 0 saturated carbocycles. The van der Waals surface area contributed by atoms with Gasteiger partial charge in [0.05, 0.1) is 11.9 Å². The van der Waals surface area contributed by atoms with Crippen molar-refractivity contribution >= 4 is 22.8 Å². The third-order valence-corrected chi connectivity index (χ3v) is 4.33. The molecule has 0 spiro atoms. The molecule has 7 nitrogen and oxygen atoms in total. The lowest BCUT2D eigenvalue weighted by atomic mass is 9.99. The predicted molar refractivity (Wildman–Crippen MR) is 83.7 cm³/mol. The third kappa shape index (κ3) is 2.41. The summed E-state index contributed by atoms with van der Waals surface area (Å²) in [5, 5.41) is 8.91. The third-order valence-electron chi connectivity index (χ3n) is 4.33. The first-order valence-corrected chi connectivity index (χ1v) is 7.40. The molecule has 2 aromatic rings. The smallest absolute Gasteiger partial charge is 0.341 e. The summed E-state index contributed by atoms with van der Waals surface area (Å²) >= 11 is 0. The highest BCUT2D eigenvalue weighted by Gasteiger charge is 2.35. The molecule has 2 atom stereocenters. The number of carboxylic acids is 1. The molecular formula is C15H16F2N4O3. The van der Waals surface area contributed by atoms with E-state index in [0.29, 0.717) is 6.54 Å². The van der Waals surface area contributed by atoms with Crippen molar-refractivity contribution < 1.29 is 18.7 Å². The topological polar surface area (TPSA) is 101 Å². The second-order valence-electron chi connectivity index (χ2n) is 5.78. The number of aromatic nitrogens is 2. The van der Waals surface area contributed by atoms with Gasteiger partial charge in [0, 0.05) is 24.8 Å².